The second-order valence-corrected chi connectivity index (χ2v) is 8.69. The summed E-state index contributed by atoms with van der Waals surface area (Å²) in [7, 11) is 0. The lowest BCUT2D eigenvalue weighted by atomic mass is 9.83. The van der Waals surface area contributed by atoms with Gasteiger partial charge in [-0.05, 0) is 77.3 Å². The van der Waals surface area contributed by atoms with Crippen LogP contribution in [-0.2, 0) is 4.74 Å². The molecule has 1 aliphatic carbocycles. The standard InChI is InChI=1S/C19H36N2O2/c1-15-5-7-16(8-6-15)13-20-14-17-9-11-21(12-10-17)18(22)23-19(2,3)4/h15-17,20H,5-14H2,1-4H3. The monoisotopic (exact) mass is 324 g/mol. The lowest BCUT2D eigenvalue weighted by molar-refractivity contribution is 0.0184. The van der Waals surface area contributed by atoms with Crippen molar-refractivity contribution < 1.29 is 9.53 Å². The summed E-state index contributed by atoms with van der Waals surface area (Å²) < 4.78 is 5.45. The number of nitrogens with one attached hydrogen (secondary N) is 1. The van der Waals surface area contributed by atoms with Crippen LogP contribution in [0.4, 0.5) is 4.79 Å². The van der Waals surface area contributed by atoms with Crippen molar-refractivity contribution in [2.45, 2.75) is 71.8 Å². The Morgan fingerprint density at radius 2 is 1.52 bits per heavy atom. The number of amides is 1. The van der Waals surface area contributed by atoms with Crippen LogP contribution in [-0.4, -0.2) is 42.8 Å². The minimum Gasteiger partial charge on any atom is -0.444 e. The van der Waals surface area contributed by atoms with Gasteiger partial charge in [-0.2, -0.15) is 0 Å². The minimum absolute atomic E-state index is 0.153. The topological polar surface area (TPSA) is 41.6 Å². The van der Waals surface area contributed by atoms with Crippen LogP contribution in [0.5, 0.6) is 0 Å². The van der Waals surface area contributed by atoms with E-state index < -0.39 is 5.60 Å². The van der Waals surface area contributed by atoms with Gasteiger partial charge in [-0.15, -0.1) is 0 Å². The maximum atomic E-state index is 12.1. The first-order valence-electron chi connectivity index (χ1n) is 9.52. The Balaban J connectivity index is 1.59. The summed E-state index contributed by atoms with van der Waals surface area (Å²) in [6, 6.07) is 0. The van der Waals surface area contributed by atoms with Crippen LogP contribution in [0.2, 0.25) is 0 Å². The van der Waals surface area contributed by atoms with Crippen LogP contribution in [0.15, 0.2) is 0 Å². The number of carbonyl (C=O) groups is 1. The third-order valence-corrected chi connectivity index (χ3v) is 5.27. The van der Waals surface area contributed by atoms with E-state index in [1.807, 2.05) is 25.7 Å². The van der Waals surface area contributed by atoms with Gasteiger partial charge in [0.25, 0.3) is 0 Å². The van der Waals surface area contributed by atoms with E-state index in [-0.39, 0.29) is 6.09 Å². The van der Waals surface area contributed by atoms with Crippen molar-refractivity contribution in [2.75, 3.05) is 26.2 Å². The molecule has 0 aromatic carbocycles. The lowest BCUT2D eigenvalue weighted by Crippen LogP contribution is -2.43. The number of rotatable bonds is 4. The van der Waals surface area contributed by atoms with Crippen molar-refractivity contribution in [3.8, 4) is 0 Å². The van der Waals surface area contributed by atoms with Gasteiger partial charge in [-0.1, -0.05) is 19.8 Å². The highest BCUT2D eigenvalue weighted by Gasteiger charge is 2.27. The fourth-order valence-electron chi connectivity index (χ4n) is 3.67. The maximum absolute atomic E-state index is 12.1. The Labute approximate surface area is 142 Å². The number of hydrogen-bond donors (Lipinski definition) is 1. The SMILES string of the molecule is CC1CCC(CNCC2CCN(C(=O)OC(C)(C)C)CC2)CC1. The van der Waals surface area contributed by atoms with Gasteiger partial charge in [0.1, 0.15) is 5.60 Å². The van der Waals surface area contributed by atoms with Crippen LogP contribution in [0, 0.1) is 17.8 Å². The molecule has 0 aromatic heterocycles. The Bertz CT molecular complexity index is 362. The average molecular weight is 325 g/mol. The van der Waals surface area contributed by atoms with Gasteiger partial charge >= 0.3 is 6.09 Å². The van der Waals surface area contributed by atoms with Crippen molar-refractivity contribution in [2.24, 2.45) is 17.8 Å². The summed E-state index contributed by atoms with van der Waals surface area (Å²) in [5, 5.41) is 3.69. The molecule has 4 heteroatoms. The molecule has 1 heterocycles. The molecule has 134 valence electrons. The lowest BCUT2D eigenvalue weighted by Gasteiger charge is -2.34. The first-order valence-corrected chi connectivity index (χ1v) is 9.52. The highest BCUT2D eigenvalue weighted by atomic mass is 16.6. The Morgan fingerprint density at radius 3 is 2.04 bits per heavy atom. The molecule has 2 aliphatic rings. The Kier molecular flexibility index (Phi) is 6.75. The summed E-state index contributed by atoms with van der Waals surface area (Å²) in [4.78, 5) is 13.9. The highest BCUT2D eigenvalue weighted by Crippen LogP contribution is 2.27. The van der Waals surface area contributed by atoms with E-state index in [1.54, 1.807) is 0 Å². The van der Waals surface area contributed by atoms with Crippen LogP contribution >= 0.6 is 0 Å². The minimum atomic E-state index is -0.396. The van der Waals surface area contributed by atoms with Gasteiger partial charge in [0.05, 0.1) is 0 Å². The van der Waals surface area contributed by atoms with Gasteiger partial charge in [0.2, 0.25) is 0 Å². The smallest absolute Gasteiger partial charge is 0.410 e. The summed E-state index contributed by atoms with van der Waals surface area (Å²) in [5.74, 6) is 2.52. The van der Waals surface area contributed by atoms with Crippen LogP contribution in [0.3, 0.4) is 0 Å². The van der Waals surface area contributed by atoms with Crippen molar-refractivity contribution in [3.05, 3.63) is 0 Å². The van der Waals surface area contributed by atoms with Crippen molar-refractivity contribution in [1.82, 2.24) is 10.2 Å². The second kappa shape index (κ2) is 8.36. The zero-order chi connectivity index (χ0) is 16.9. The van der Waals surface area contributed by atoms with E-state index in [2.05, 4.69) is 12.2 Å². The molecular formula is C19H36N2O2. The van der Waals surface area contributed by atoms with Crippen molar-refractivity contribution >= 4 is 6.09 Å². The number of hydrogen-bond acceptors (Lipinski definition) is 3. The zero-order valence-electron chi connectivity index (χ0n) is 15.6. The molecule has 1 saturated carbocycles. The number of ether oxygens (including phenoxy) is 1. The number of likely N-dealkylation sites (tertiary alicyclic amines) is 1. The molecule has 0 bridgehead atoms. The first-order chi connectivity index (χ1) is 10.8. The highest BCUT2D eigenvalue weighted by molar-refractivity contribution is 5.68. The summed E-state index contributed by atoms with van der Waals surface area (Å²) in [6.07, 6.45) is 7.62. The second-order valence-electron chi connectivity index (χ2n) is 8.69. The van der Waals surface area contributed by atoms with E-state index in [0.29, 0.717) is 5.92 Å². The van der Waals surface area contributed by atoms with E-state index in [9.17, 15) is 4.79 Å². The van der Waals surface area contributed by atoms with E-state index in [0.717, 1.165) is 44.3 Å². The third kappa shape index (κ3) is 6.70. The molecular weight excluding hydrogens is 288 g/mol. The van der Waals surface area contributed by atoms with Gasteiger partial charge in [-0.3, -0.25) is 0 Å². The molecule has 4 nitrogen and oxygen atoms in total. The van der Waals surface area contributed by atoms with E-state index >= 15 is 0 Å². The largest absolute Gasteiger partial charge is 0.444 e. The molecule has 0 atom stereocenters. The number of nitrogens with zero attached hydrogens (tertiary/aromatic N) is 1. The average Bonchev–Trinajstić information content (AvgIpc) is 2.48. The predicted molar refractivity (Wildman–Crippen MR) is 94.5 cm³/mol. The fourth-order valence-corrected chi connectivity index (χ4v) is 3.67. The maximum Gasteiger partial charge on any atom is 0.410 e. The normalized spacial score (nSPS) is 27.0. The quantitative estimate of drug-likeness (QED) is 0.848. The molecule has 1 aliphatic heterocycles. The molecule has 2 fully saturated rings. The van der Waals surface area contributed by atoms with E-state index in [4.69, 9.17) is 4.74 Å². The number of carbonyl (C=O) groups excluding carboxylic acids is 1. The van der Waals surface area contributed by atoms with Crippen LogP contribution in [0.1, 0.15) is 66.2 Å². The van der Waals surface area contributed by atoms with Gasteiger partial charge in [-0.25, -0.2) is 4.79 Å². The van der Waals surface area contributed by atoms with Crippen LogP contribution in [0.25, 0.3) is 0 Å². The van der Waals surface area contributed by atoms with Crippen molar-refractivity contribution in [3.63, 3.8) is 0 Å². The Hall–Kier alpha value is -0.770. The third-order valence-electron chi connectivity index (χ3n) is 5.27. The molecule has 1 amide bonds. The molecule has 1 saturated heterocycles. The molecule has 1 N–H and O–H groups in total. The molecule has 2 rings (SSSR count). The molecule has 0 radical (unpaired) electrons. The number of piperidine rings is 1. The fraction of sp³-hybridized carbons (Fsp3) is 0.947. The van der Waals surface area contributed by atoms with Crippen LogP contribution < -0.4 is 5.32 Å². The Morgan fingerprint density at radius 1 is 1.00 bits per heavy atom. The molecule has 23 heavy (non-hydrogen) atoms. The summed E-state index contributed by atoms with van der Waals surface area (Å²) in [5.41, 5.74) is -0.396. The van der Waals surface area contributed by atoms with E-state index in [1.165, 1.54) is 32.2 Å². The van der Waals surface area contributed by atoms with Gasteiger partial charge in [0, 0.05) is 13.1 Å². The summed E-state index contributed by atoms with van der Waals surface area (Å²) >= 11 is 0. The van der Waals surface area contributed by atoms with Gasteiger partial charge < -0.3 is 15.0 Å². The molecule has 0 aromatic rings. The first kappa shape index (κ1) is 18.6. The van der Waals surface area contributed by atoms with Crippen molar-refractivity contribution in [1.29, 1.82) is 0 Å². The zero-order valence-corrected chi connectivity index (χ0v) is 15.6. The molecule has 0 spiro atoms. The van der Waals surface area contributed by atoms with Gasteiger partial charge in [0.15, 0.2) is 0 Å². The summed E-state index contributed by atoms with van der Waals surface area (Å²) in [6.45, 7) is 12.1. The molecule has 0 unspecified atom stereocenters. The predicted octanol–water partition coefficient (Wildman–Crippen LogP) is 4.05.